The minimum absolute atomic E-state index is 0.0186. The second-order valence-electron chi connectivity index (χ2n) is 7.00. The SMILES string of the molecule is O=C(NCc1ccncc1)C1CN(C(=O)c2cccs2)CC12CCC2. The minimum atomic E-state index is -0.105. The number of nitrogens with zero attached hydrogens (tertiary/aromatic N) is 2. The van der Waals surface area contributed by atoms with Gasteiger partial charge in [-0.3, -0.25) is 14.6 Å². The van der Waals surface area contributed by atoms with Crippen molar-refractivity contribution in [1.82, 2.24) is 15.2 Å². The summed E-state index contributed by atoms with van der Waals surface area (Å²) < 4.78 is 0. The zero-order chi connectivity index (χ0) is 17.3. The fourth-order valence-electron chi connectivity index (χ4n) is 3.99. The van der Waals surface area contributed by atoms with E-state index in [0.29, 0.717) is 19.6 Å². The van der Waals surface area contributed by atoms with E-state index in [1.54, 1.807) is 12.4 Å². The largest absolute Gasteiger partial charge is 0.352 e. The van der Waals surface area contributed by atoms with Crippen LogP contribution in [0.5, 0.6) is 0 Å². The van der Waals surface area contributed by atoms with Crippen LogP contribution in [0.4, 0.5) is 0 Å². The van der Waals surface area contributed by atoms with E-state index in [1.165, 1.54) is 11.3 Å². The van der Waals surface area contributed by atoms with Crippen LogP contribution in [0.1, 0.15) is 34.5 Å². The lowest BCUT2D eigenvalue weighted by Crippen LogP contribution is -2.45. The zero-order valence-corrected chi connectivity index (χ0v) is 14.8. The standard InChI is InChI=1S/C19H21N3O2S/c23-17(21-11-14-4-8-20-9-5-14)15-12-22(13-19(15)6-2-7-19)18(24)16-3-1-10-25-16/h1,3-5,8-10,15H,2,6-7,11-13H2,(H,21,23). The summed E-state index contributed by atoms with van der Waals surface area (Å²) in [5, 5.41) is 4.97. The summed E-state index contributed by atoms with van der Waals surface area (Å²) in [6.45, 7) is 1.74. The Balaban J connectivity index is 1.44. The van der Waals surface area contributed by atoms with E-state index in [4.69, 9.17) is 0 Å². The fraction of sp³-hybridized carbons (Fsp3) is 0.421. The van der Waals surface area contributed by atoms with E-state index in [1.807, 2.05) is 34.5 Å². The molecule has 1 atom stereocenters. The van der Waals surface area contributed by atoms with E-state index >= 15 is 0 Å². The Morgan fingerprint density at radius 1 is 1.28 bits per heavy atom. The molecule has 1 spiro atoms. The molecule has 1 saturated carbocycles. The molecular formula is C19H21N3O2S. The first kappa shape index (κ1) is 16.3. The third-order valence-electron chi connectivity index (χ3n) is 5.55. The molecule has 0 aromatic carbocycles. The molecule has 4 rings (SSSR count). The van der Waals surface area contributed by atoms with Crippen LogP contribution in [0, 0.1) is 11.3 Å². The van der Waals surface area contributed by atoms with Crippen molar-refractivity contribution in [2.75, 3.05) is 13.1 Å². The first-order valence-electron chi connectivity index (χ1n) is 8.67. The van der Waals surface area contributed by atoms with Gasteiger partial charge in [-0.05, 0) is 42.0 Å². The van der Waals surface area contributed by atoms with Gasteiger partial charge in [-0.25, -0.2) is 0 Å². The van der Waals surface area contributed by atoms with Gasteiger partial charge in [-0.1, -0.05) is 12.5 Å². The number of thiophene rings is 1. The Morgan fingerprint density at radius 2 is 2.08 bits per heavy atom. The van der Waals surface area contributed by atoms with Crippen molar-refractivity contribution in [3.63, 3.8) is 0 Å². The van der Waals surface area contributed by atoms with E-state index < -0.39 is 0 Å². The molecule has 3 heterocycles. The lowest BCUT2D eigenvalue weighted by Gasteiger charge is -2.41. The second-order valence-corrected chi connectivity index (χ2v) is 7.95. The van der Waals surface area contributed by atoms with Crippen LogP contribution in [0.2, 0.25) is 0 Å². The Kier molecular flexibility index (Phi) is 4.29. The van der Waals surface area contributed by atoms with Crippen molar-refractivity contribution in [2.45, 2.75) is 25.8 Å². The minimum Gasteiger partial charge on any atom is -0.352 e. The smallest absolute Gasteiger partial charge is 0.263 e. The number of carbonyl (C=O) groups excluding carboxylic acids is 2. The van der Waals surface area contributed by atoms with Gasteiger partial charge in [0.2, 0.25) is 5.91 Å². The van der Waals surface area contributed by atoms with Crippen LogP contribution in [-0.2, 0) is 11.3 Å². The Hall–Kier alpha value is -2.21. The number of nitrogens with one attached hydrogen (secondary N) is 1. The quantitative estimate of drug-likeness (QED) is 0.917. The maximum absolute atomic E-state index is 12.8. The third kappa shape index (κ3) is 3.06. The molecule has 1 aliphatic heterocycles. The fourth-order valence-corrected chi connectivity index (χ4v) is 4.68. The molecule has 0 radical (unpaired) electrons. The molecule has 2 fully saturated rings. The summed E-state index contributed by atoms with van der Waals surface area (Å²) in [6.07, 6.45) is 6.68. The molecule has 2 aliphatic rings. The van der Waals surface area contributed by atoms with Crippen LogP contribution in [-0.4, -0.2) is 34.8 Å². The Labute approximate surface area is 151 Å². The average molecular weight is 355 g/mol. The van der Waals surface area contributed by atoms with Gasteiger partial charge in [-0.2, -0.15) is 0 Å². The van der Waals surface area contributed by atoms with Gasteiger partial charge in [0.05, 0.1) is 10.8 Å². The van der Waals surface area contributed by atoms with E-state index in [9.17, 15) is 9.59 Å². The highest BCUT2D eigenvalue weighted by Gasteiger charge is 2.54. The second kappa shape index (κ2) is 6.59. The van der Waals surface area contributed by atoms with Crippen molar-refractivity contribution in [3.8, 4) is 0 Å². The van der Waals surface area contributed by atoms with Gasteiger partial charge in [-0.15, -0.1) is 11.3 Å². The van der Waals surface area contributed by atoms with Crippen LogP contribution >= 0.6 is 11.3 Å². The summed E-state index contributed by atoms with van der Waals surface area (Å²) in [5.41, 5.74) is 1.02. The molecule has 2 aromatic rings. The van der Waals surface area contributed by atoms with Crippen LogP contribution in [0.3, 0.4) is 0 Å². The van der Waals surface area contributed by atoms with Crippen molar-refractivity contribution in [1.29, 1.82) is 0 Å². The molecule has 2 aromatic heterocycles. The van der Waals surface area contributed by atoms with Crippen LogP contribution < -0.4 is 5.32 Å². The molecule has 1 N–H and O–H groups in total. The number of pyridine rings is 1. The summed E-state index contributed by atoms with van der Waals surface area (Å²) in [7, 11) is 0. The number of aromatic nitrogens is 1. The molecule has 6 heteroatoms. The highest BCUT2D eigenvalue weighted by molar-refractivity contribution is 7.12. The number of amides is 2. The van der Waals surface area contributed by atoms with Gasteiger partial charge >= 0.3 is 0 Å². The lowest BCUT2D eigenvalue weighted by atomic mass is 9.62. The van der Waals surface area contributed by atoms with E-state index in [2.05, 4.69) is 10.3 Å². The highest BCUT2D eigenvalue weighted by Crippen LogP contribution is 2.52. The lowest BCUT2D eigenvalue weighted by molar-refractivity contribution is -0.129. The van der Waals surface area contributed by atoms with Gasteiger partial charge in [0.1, 0.15) is 0 Å². The number of hydrogen-bond donors (Lipinski definition) is 1. The molecule has 130 valence electrons. The number of rotatable bonds is 4. The average Bonchev–Trinajstić information content (AvgIpc) is 3.27. The van der Waals surface area contributed by atoms with E-state index in [-0.39, 0.29) is 23.1 Å². The van der Waals surface area contributed by atoms with Crippen molar-refractivity contribution in [2.24, 2.45) is 11.3 Å². The summed E-state index contributed by atoms with van der Waals surface area (Å²) in [4.78, 5) is 32.1. The van der Waals surface area contributed by atoms with Crippen LogP contribution in [0.15, 0.2) is 42.0 Å². The van der Waals surface area contributed by atoms with Gasteiger partial charge in [0, 0.05) is 37.4 Å². The van der Waals surface area contributed by atoms with Crippen molar-refractivity contribution >= 4 is 23.2 Å². The van der Waals surface area contributed by atoms with Gasteiger partial charge in [0.15, 0.2) is 0 Å². The molecule has 25 heavy (non-hydrogen) atoms. The topological polar surface area (TPSA) is 62.3 Å². The summed E-state index contributed by atoms with van der Waals surface area (Å²) >= 11 is 1.46. The monoisotopic (exact) mass is 355 g/mol. The Bertz CT molecular complexity index is 756. The molecule has 1 aliphatic carbocycles. The van der Waals surface area contributed by atoms with Crippen LogP contribution in [0.25, 0.3) is 0 Å². The van der Waals surface area contributed by atoms with E-state index in [0.717, 1.165) is 29.7 Å². The Morgan fingerprint density at radius 3 is 2.72 bits per heavy atom. The molecule has 5 nitrogen and oxygen atoms in total. The first-order chi connectivity index (χ1) is 12.2. The summed E-state index contributed by atoms with van der Waals surface area (Å²) in [5.74, 6) is 0.0238. The van der Waals surface area contributed by atoms with Crippen molar-refractivity contribution in [3.05, 3.63) is 52.5 Å². The molecule has 0 bridgehead atoms. The zero-order valence-electron chi connectivity index (χ0n) is 14.0. The van der Waals surface area contributed by atoms with Gasteiger partial charge < -0.3 is 10.2 Å². The number of hydrogen-bond acceptors (Lipinski definition) is 4. The predicted molar refractivity (Wildman–Crippen MR) is 96.1 cm³/mol. The summed E-state index contributed by atoms with van der Waals surface area (Å²) in [6, 6.07) is 7.56. The molecule has 1 saturated heterocycles. The highest BCUT2D eigenvalue weighted by atomic mass is 32.1. The predicted octanol–water partition coefficient (Wildman–Crippen LogP) is 2.70. The normalized spacial score (nSPS) is 21.1. The first-order valence-corrected chi connectivity index (χ1v) is 9.55. The number of carbonyl (C=O) groups is 2. The molecule has 1 unspecified atom stereocenters. The molecular weight excluding hydrogens is 334 g/mol. The number of likely N-dealkylation sites (tertiary alicyclic amines) is 1. The van der Waals surface area contributed by atoms with Crippen molar-refractivity contribution < 1.29 is 9.59 Å². The third-order valence-corrected chi connectivity index (χ3v) is 6.41. The van der Waals surface area contributed by atoms with Gasteiger partial charge in [0.25, 0.3) is 5.91 Å². The molecule has 2 amide bonds. The maximum atomic E-state index is 12.8. The maximum Gasteiger partial charge on any atom is 0.263 e.